The van der Waals surface area contributed by atoms with Gasteiger partial charge in [-0.05, 0) is 36.2 Å². The molecule has 0 radical (unpaired) electrons. The van der Waals surface area contributed by atoms with E-state index in [4.69, 9.17) is 11.6 Å². The van der Waals surface area contributed by atoms with Crippen LogP contribution in [-0.4, -0.2) is 23.3 Å². The second kappa shape index (κ2) is 7.75. The van der Waals surface area contributed by atoms with Gasteiger partial charge in [-0.15, -0.1) is 0 Å². The summed E-state index contributed by atoms with van der Waals surface area (Å²) in [5.74, 6) is -1.01. The first-order valence-electron chi connectivity index (χ1n) is 8.53. The van der Waals surface area contributed by atoms with Crippen LogP contribution in [0.4, 0.5) is 17.1 Å². The molecule has 8 heteroatoms. The average Bonchev–Trinajstić information content (AvgIpc) is 3.05. The Balaban J connectivity index is 1.70. The van der Waals surface area contributed by atoms with Crippen LogP contribution in [0.25, 0.3) is 0 Å². The summed E-state index contributed by atoms with van der Waals surface area (Å²) >= 11 is 5.78. The zero-order valence-corrected chi connectivity index (χ0v) is 15.4. The number of anilines is 2. The summed E-state index contributed by atoms with van der Waals surface area (Å²) in [6.45, 7) is 2.32. The van der Waals surface area contributed by atoms with Crippen molar-refractivity contribution in [1.82, 2.24) is 0 Å². The van der Waals surface area contributed by atoms with Gasteiger partial charge in [0, 0.05) is 30.4 Å². The number of nitro groups is 1. The van der Waals surface area contributed by atoms with Crippen molar-refractivity contribution in [3.63, 3.8) is 0 Å². The number of hydrogen-bond acceptors (Lipinski definition) is 4. The zero-order valence-electron chi connectivity index (χ0n) is 14.6. The average molecular weight is 388 g/mol. The lowest BCUT2D eigenvalue weighted by Crippen LogP contribution is -2.28. The third-order valence-corrected chi connectivity index (χ3v) is 4.88. The van der Waals surface area contributed by atoms with Crippen LogP contribution in [-0.2, 0) is 16.0 Å². The largest absolute Gasteiger partial charge is 0.326 e. The molecule has 0 saturated carbocycles. The van der Waals surface area contributed by atoms with E-state index in [2.05, 4.69) is 12.2 Å². The maximum atomic E-state index is 12.5. The van der Waals surface area contributed by atoms with Gasteiger partial charge in [-0.2, -0.15) is 0 Å². The second-order valence-corrected chi connectivity index (χ2v) is 6.75. The van der Waals surface area contributed by atoms with Crippen molar-refractivity contribution in [3.05, 3.63) is 63.2 Å². The standard InChI is InChI=1S/C19H18ClN3O4/c1-2-12-3-6-15(7-4-12)22-11-13(9-18(22)24)19(25)21-14-5-8-16(20)17(10-14)23(26)27/h3-8,10,13H,2,9,11H2,1H3,(H,21,25)/t13-/m0/s1. The number of halogens is 1. The van der Waals surface area contributed by atoms with Crippen molar-refractivity contribution in [2.24, 2.45) is 5.92 Å². The van der Waals surface area contributed by atoms with E-state index in [9.17, 15) is 19.7 Å². The molecule has 1 fully saturated rings. The van der Waals surface area contributed by atoms with Crippen molar-refractivity contribution in [3.8, 4) is 0 Å². The molecule has 140 valence electrons. The van der Waals surface area contributed by atoms with Crippen molar-refractivity contribution >= 4 is 40.5 Å². The fraction of sp³-hybridized carbons (Fsp3) is 0.263. The van der Waals surface area contributed by atoms with Crippen molar-refractivity contribution < 1.29 is 14.5 Å². The Hall–Kier alpha value is -2.93. The maximum absolute atomic E-state index is 12.5. The number of carbonyl (C=O) groups is 2. The number of nitrogens with zero attached hydrogens (tertiary/aromatic N) is 2. The van der Waals surface area contributed by atoms with Crippen LogP contribution in [0.5, 0.6) is 0 Å². The van der Waals surface area contributed by atoms with E-state index >= 15 is 0 Å². The van der Waals surface area contributed by atoms with Crippen LogP contribution in [0.15, 0.2) is 42.5 Å². The molecule has 1 N–H and O–H groups in total. The fourth-order valence-corrected chi connectivity index (χ4v) is 3.21. The number of nitrogens with one attached hydrogen (secondary N) is 1. The molecule has 0 bridgehead atoms. The molecule has 2 amide bonds. The molecule has 0 unspecified atom stereocenters. The van der Waals surface area contributed by atoms with Crippen LogP contribution in [0.3, 0.4) is 0 Å². The monoisotopic (exact) mass is 387 g/mol. The van der Waals surface area contributed by atoms with Gasteiger partial charge in [-0.1, -0.05) is 30.7 Å². The molecule has 1 saturated heterocycles. The smallest absolute Gasteiger partial charge is 0.289 e. The lowest BCUT2D eigenvalue weighted by molar-refractivity contribution is -0.384. The number of hydrogen-bond donors (Lipinski definition) is 1. The Morgan fingerprint density at radius 3 is 2.63 bits per heavy atom. The zero-order chi connectivity index (χ0) is 19.6. The van der Waals surface area contributed by atoms with Crippen molar-refractivity contribution in [1.29, 1.82) is 0 Å². The van der Waals surface area contributed by atoms with Gasteiger partial charge in [-0.3, -0.25) is 19.7 Å². The van der Waals surface area contributed by atoms with Gasteiger partial charge in [0.15, 0.2) is 0 Å². The van der Waals surface area contributed by atoms with Gasteiger partial charge >= 0.3 is 0 Å². The molecule has 1 heterocycles. The van der Waals surface area contributed by atoms with E-state index < -0.39 is 10.8 Å². The minimum absolute atomic E-state index is 0.00394. The van der Waals surface area contributed by atoms with Crippen molar-refractivity contribution in [2.75, 3.05) is 16.8 Å². The summed E-state index contributed by atoms with van der Waals surface area (Å²) in [5.41, 5.74) is 1.92. The number of carbonyl (C=O) groups excluding carboxylic acids is 2. The first kappa shape index (κ1) is 18.8. The molecule has 27 heavy (non-hydrogen) atoms. The Labute approximate surface area is 161 Å². The first-order valence-corrected chi connectivity index (χ1v) is 8.91. The second-order valence-electron chi connectivity index (χ2n) is 6.34. The van der Waals surface area contributed by atoms with E-state index in [1.54, 1.807) is 4.90 Å². The Bertz CT molecular complexity index is 898. The number of rotatable bonds is 5. The van der Waals surface area contributed by atoms with Gasteiger partial charge in [0.1, 0.15) is 5.02 Å². The summed E-state index contributed by atoms with van der Waals surface area (Å²) in [7, 11) is 0. The van der Waals surface area contributed by atoms with Crippen LogP contribution in [0.2, 0.25) is 5.02 Å². The predicted octanol–water partition coefficient (Wildman–Crippen LogP) is 3.80. The van der Waals surface area contributed by atoms with E-state index in [1.165, 1.54) is 23.8 Å². The number of aryl methyl sites for hydroxylation is 1. The highest BCUT2D eigenvalue weighted by Crippen LogP contribution is 2.29. The molecule has 3 rings (SSSR count). The molecular formula is C19H18ClN3O4. The highest BCUT2D eigenvalue weighted by atomic mass is 35.5. The van der Waals surface area contributed by atoms with Gasteiger partial charge in [0.25, 0.3) is 5.69 Å². The molecule has 2 aromatic rings. The van der Waals surface area contributed by atoms with Crippen molar-refractivity contribution in [2.45, 2.75) is 19.8 Å². The minimum Gasteiger partial charge on any atom is -0.326 e. The molecule has 7 nitrogen and oxygen atoms in total. The van der Waals surface area contributed by atoms with Gasteiger partial charge in [0.05, 0.1) is 10.8 Å². The van der Waals surface area contributed by atoms with Gasteiger partial charge in [0.2, 0.25) is 11.8 Å². The third-order valence-electron chi connectivity index (χ3n) is 4.56. The minimum atomic E-state index is -0.612. The maximum Gasteiger partial charge on any atom is 0.289 e. The van der Waals surface area contributed by atoms with E-state index in [0.717, 1.165) is 12.1 Å². The molecule has 0 spiro atoms. The molecule has 1 aliphatic rings. The normalized spacial score (nSPS) is 16.4. The number of amides is 2. The van der Waals surface area contributed by atoms with E-state index in [-0.39, 0.29) is 41.2 Å². The lowest BCUT2D eigenvalue weighted by Gasteiger charge is -2.17. The molecule has 2 aromatic carbocycles. The van der Waals surface area contributed by atoms with Gasteiger partial charge in [-0.25, -0.2) is 0 Å². The lowest BCUT2D eigenvalue weighted by atomic mass is 10.1. The predicted molar refractivity (Wildman–Crippen MR) is 103 cm³/mol. The van der Waals surface area contributed by atoms with E-state index in [1.807, 2.05) is 24.3 Å². The van der Waals surface area contributed by atoms with E-state index in [0.29, 0.717) is 0 Å². The summed E-state index contributed by atoms with van der Waals surface area (Å²) in [6.07, 6.45) is 1.00. The number of nitro benzene ring substituents is 1. The Morgan fingerprint density at radius 1 is 1.30 bits per heavy atom. The third kappa shape index (κ3) is 4.09. The molecular weight excluding hydrogens is 370 g/mol. The topological polar surface area (TPSA) is 92.6 Å². The SMILES string of the molecule is CCc1ccc(N2C[C@@H](C(=O)Nc3ccc(Cl)c([N+](=O)[O-])c3)CC2=O)cc1. The highest BCUT2D eigenvalue weighted by Gasteiger charge is 2.35. The van der Waals surface area contributed by atoms with Crippen LogP contribution in [0.1, 0.15) is 18.9 Å². The summed E-state index contributed by atoms with van der Waals surface area (Å²) in [6, 6.07) is 11.7. The number of benzene rings is 2. The van der Waals surface area contributed by atoms with Crippen LogP contribution < -0.4 is 10.2 Å². The Kier molecular flexibility index (Phi) is 5.41. The van der Waals surface area contributed by atoms with Gasteiger partial charge < -0.3 is 10.2 Å². The molecule has 0 aromatic heterocycles. The highest BCUT2D eigenvalue weighted by molar-refractivity contribution is 6.32. The summed E-state index contributed by atoms with van der Waals surface area (Å²) in [4.78, 5) is 36.8. The molecule has 1 atom stereocenters. The summed E-state index contributed by atoms with van der Waals surface area (Å²) < 4.78 is 0. The first-order chi connectivity index (χ1) is 12.9. The fourth-order valence-electron chi connectivity index (χ4n) is 3.02. The molecule has 0 aliphatic carbocycles. The van der Waals surface area contributed by atoms with Crippen LogP contribution >= 0.6 is 11.6 Å². The van der Waals surface area contributed by atoms with Crippen LogP contribution in [0, 0.1) is 16.0 Å². The summed E-state index contributed by atoms with van der Waals surface area (Å²) in [5, 5.41) is 13.6. The molecule has 1 aliphatic heterocycles. The Morgan fingerprint density at radius 2 is 2.00 bits per heavy atom. The quantitative estimate of drug-likeness (QED) is 0.623.